The summed E-state index contributed by atoms with van der Waals surface area (Å²) in [6.07, 6.45) is 2.17. The van der Waals surface area contributed by atoms with Gasteiger partial charge in [0.15, 0.2) is 0 Å². The number of anilines is 2. The number of carbonyl (C=O) groups excluding carboxylic acids is 1. The predicted molar refractivity (Wildman–Crippen MR) is 139 cm³/mol. The van der Waals surface area contributed by atoms with Crippen LogP contribution in [-0.2, 0) is 16.0 Å². The fourth-order valence-corrected chi connectivity index (χ4v) is 4.45. The zero-order valence-electron chi connectivity index (χ0n) is 20.8. The van der Waals surface area contributed by atoms with Crippen LogP contribution in [0.25, 0.3) is 11.3 Å². The van der Waals surface area contributed by atoms with E-state index >= 15 is 0 Å². The average Bonchev–Trinajstić information content (AvgIpc) is 2.93. The van der Waals surface area contributed by atoms with E-state index in [1.165, 1.54) is 0 Å². The molecule has 0 unspecified atom stereocenters. The maximum Gasteiger partial charge on any atom is 0.231 e. The number of morpholine rings is 1. The number of fused-ring (bicyclic) bond motifs is 1. The number of nitrogens with two attached hydrogens (primary N) is 1. The Labute approximate surface area is 215 Å². The maximum absolute atomic E-state index is 13.3. The number of aromatic nitrogens is 2. The molecule has 1 fully saturated rings. The molecule has 0 spiro atoms. The summed E-state index contributed by atoms with van der Waals surface area (Å²) < 4.78 is 22.8. The summed E-state index contributed by atoms with van der Waals surface area (Å²) in [5.41, 5.74) is 8.81. The Morgan fingerprint density at radius 1 is 1.19 bits per heavy atom. The van der Waals surface area contributed by atoms with E-state index in [0.29, 0.717) is 36.8 Å². The van der Waals surface area contributed by atoms with E-state index in [4.69, 9.17) is 24.7 Å². The molecule has 1 atom stereocenters. The van der Waals surface area contributed by atoms with Gasteiger partial charge in [0, 0.05) is 31.4 Å². The zero-order chi connectivity index (χ0) is 25.6. The number of ether oxygens (including phenoxy) is 4. The monoisotopic (exact) mass is 505 g/mol. The summed E-state index contributed by atoms with van der Waals surface area (Å²) in [6, 6.07) is 13.0. The van der Waals surface area contributed by atoms with Crippen LogP contribution in [0.1, 0.15) is 5.56 Å². The molecule has 0 aliphatic carbocycles. The fraction of sp³-hybridized carbons (Fsp3) is 0.370. The van der Waals surface area contributed by atoms with Crippen molar-refractivity contribution in [2.24, 2.45) is 5.92 Å². The summed E-state index contributed by atoms with van der Waals surface area (Å²) in [5.74, 6) is 1.80. The van der Waals surface area contributed by atoms with Gasteiger partial charge in [-0.1, -0.05) is 6.07 Å². The average molecular weight is 506 g/mol. The molecule has 3 aromatic rings. The van der Waals surface area contributed by atoms with Crippen LogP contribution >= 0.6 is 0 Å². The largest absolute Gasteiger partial charge is 0.497 e. The number of rotatable bonds is 8. The number of benzene rings is 2. The number of hydrogen-bond acceptors (Lipinski definition) is 9. The van der Waals surface area contributed by atoms with Crippen molar-refractivity contribution in [3.05, 3.63) is 54.2 Å². The molecule has 37 heavy (non-hydrogen) atoms. The van der Waals surface area contributed by atoms with E-state index < -0.39 is 0 Å². The molecule has 194 valence electrons. The van der Waals surface area contributed by atoms with Gasteiger partial charge in [0.1, 0.15) is 30.5 Å². The van der Waals surface area contributed by atoms with Crippen molar-refractivity contribution < 1.29 is 23.7 Å². The molecule has 0 bridgehead atoms. The van der Waals surface area contributed by atoms with Crippen LogP contribution in [0.2, 0.25) is 0 Å². The molecule has 5 rings (SSSR count). The fourth-order valence-electron chi connectivity index (χ4n) is 4.45. The Kier molecular flexibility index (Phi) is 7.67. The van der Waals surface area contributed by atoms with Crippen LogP contribution in [0.3, 0.4) is 0 Å². The Morgan fingerprint density at radius 3 is 2.86 bits per heavy atom. The van der Waals surface area contributed by atoms with Gasteiger partial charge in [-0.2, -0.15) is 0 Å². The molecule has 2 aliphatic heterocycles. The van der Waals surface area contributed by atoms with Crippen molar-refractivity contribution in [3.63, 3.8) is 0 Å². The smallest absolute Gasteiger partial charge is 0.231 e. The van der Waals surface area contributed by atoms with E-state index in [2.05, 4.69) is 20.2 Å². The quantitative estimate of drug-likeness (QED) is 0.476. The number of hydrogen-bond donors (Lipinski definition) is 2. The first kappa shape index (κ1) is 24.8. The molecule has 2 aliphatic rings. The van der Waals surface area contributed by atoms with Crippen molar-refractivity contribution >= 4 is 17.5 Å². The van der Waals surface area contributed by atoms with Gasteiger partial charge >= 0.3 is 0 Å². The molecule has 3 heterocycles. The maximum atomic E-state index is 13.3. The third-order valence-corrected chi connectivity index (χ3v) is 6.52. The molecule has 10 heteroatoms. The van der Waals surface area contributed by atoms with E-state index in [-0.39, 0.29) is 17.8 Å². The van der Waals surface area contributed by atoms with Crippen molar-refractivity contribution in [2.75, 3.05) is 64.2 Å². The van der Waals surface area contributed by atoms with Crippen LogP contribution in [-0.4, -0.2) is 73.9 Å². The highest BCUT2D eigenvalue weighted by Gasteiger charge is 2.27. The lowest BCUT2D eigenvalue weighted by atomic mass is 9.95. The van der Waals surface area contributed by atoms with Crippen molar-refractivity contribution in [2.45, 2.75) is 6.42 Å². The van der Waals surface area contributed by atoms with Crippen LogP contribution in [0.5, 0.6) is 17.2 Å². The van der Waals surface area contributed by atoms with Gasteiger partial charge in [0.25, 0.3) is 0 Å². The number of methoxy groups -OCH3 is 1. The summed E-state index contributed by atoms with van der Waals surface area (Å²) >= 11 is 0. The lowest BCUT2D eigenvalue weighted by molar-refractivity contribution is -0.121. The first-order valence-corrected chi connectivity index (χ1v) is 12.4. The first-order valence-electron chi connectivity index (χ1n) is 12.4. The van der Waals surface area contributed by atoms with Gasteiger partial charge < -0.3 is 30.0 Å². The third-order valence-electron chi connectivity index (χ3n) is 6.52. The van der Waals surface area contributed by atoms with Crippen molar-refractivity contribution in [1.29, 1.82) is 0 Å². The molecule has 0 saturated carbocycles. The Bertz CT molecular complexity index is 1250. The topological polar surface area (TPSA) is 121 Å². The Balaban J connectivity index is 1.32. The minimum absolute atomic E-state index is 0.134. The number of amides is 1. The highest BCUT2D eigenvalue weighted by molar-refractivity contribution is 5.95. The number of nitrogen functional groups attached to an aromatic ring is 1. The molecule has 1 aromatic heterocycles. The van der Waals surface area contributed by atoms with Gasteiger partial charge in [0.05, 0.1) is 37.6 Å². The molecule has 1 saturated heterocycles. The lowest BCUT2D eigenvalue weighted by Crippen LogP contribution is -2.38. The SMILES string of the molecule is COc1ccc2c(c1)C[C@@H](C(=O)Nc1ccc(-c3ccnc(N)n3)cc1OCCN1CCOCC1)CO2. The summed E-state index contributed by atoms with van der Waals surface area (Å²) in [7, 11) is 1.62. The molecular formula is C27H31N5O5. The Morgan fingerprint density at radius 2 is 2.05 bits per heavy atom. The van der Waals surface area contributed by atoms with E-state index in [1.54, 1.807) is 19.4 Å². The van der Waals surface area contributed by atoms with Gasteiger partial charge in [0.2, 0.25) is 11.9 Å². The van der Waals surface area contributed by atoms with Crippen LogP contribution in [0.4, 0.5) is 11.6 Å². The highest BCUT2D eigenvalue weighted by Crippen LogP contribution is 2.33. The van der Waals surface area contributed by atoms with Gasteiger partial charge in [-0.3, -0.25) is 9.69 Å². The molecule has 10 nitrogen and oxygen atoms in total. The minimum Gasteiger partial charge on any atom is -0.497 e. The molecule has 3 N–H and O–H groups in total. The first-order chi connectivity index (χ1) is 18.1. The lowest BCUT2D eigenvalue weighted by Gasteiger charge is -2.27. The second kappa shape index (κ2) is 11.4. The van der Waals surface area contributed by atoms with E-state index in [9.17, 15) is 4.79 Å². The summed E-state index contributed by atoms with van der Waals surface area (Å²) in [6.45, 7) is 4.74. The van der Waals surface area contributed by atoms with Gasteiger partial charge in [-0.05, 0) is 48.4 Å². The van der Waals surface area contributed by atoms with Crippen LogP contribution in [0, 0.1) is 5.92 Å². The number of carbonyl (C=O) groups is 1. The second-order valence-electron chi connectivity index (χ2n) is 8.99. The Hall–Kier alpha value is -3.89. The van der Waals surface area contributed by atoms with E-state index in [0.717, 1.165) is 55.5 Å². The second-order valence-corrected chi connectivity index (χ2v) is 8.99. The molecule has 2 aromatic carbocycles. The zero-order valence-corrected chi connectivity index (χ0v) is 20.8. The summed E-state index contributed by atoms with van der Waals surface area (Å²) in [5, 5.41) is 3.05. The number of nitrogens with zero attached hydrogens (tertiary/aromatic N) is 3. The van der Waals surface area contributed by atoms with Crippen molar-refractivity contribution in [3.8, 4) is 28.5 Å². The summed E-state index contributed by atoms with van der Waals surface area (Å²) in [4.78, 5) is 23.8. The molecular weight excluding hydrogens is 474 g/mol. The van der Waals surface area contributed by atoms with Gasteiger partial charge in [-0.25, -0.2) is 9.97 Å². The standard InChI is InChI=1S/C27H31N5O5/c1-34-21-3-5-24-19(15-21)14-20(17-37-24)26(33)30-23-4-2-18(22-6-7-29-27(28)31-22)16-25(23)36-13-10-32-8-11-35-12-9-32/h2-7,15-16,20H,8-14,17H2,1H3,(H,30,33)(H2,28,29,31)/t20-/m1/s1. The van der Waals surface area contributed by atoms with Gasteiger partial charge in [-0.15, -0.1) is 0 Å². The normalized spacial score (nSPS) is 17.4. The van der Waals surface area contributed by atoms with Crippen LogP contribution < -0.4 is 25.3 Å². The highest BCUT2D eigenvalue weighted by atomic mass is 16.5. The molecule has 1 amide bonds. The number of nitrogens with one attached hydrogen (secondary N) is 1. The van der Waals surface area contributed by atoms with Crippen molar-refractivity contribution in [1.82, 2.24) is 14.9 Å². The third kappa shape index (κ3) is 6.10. The predicted octanol–water partition coefficient (Wildman–Crippen LogP) is 2.64. The van der Waals surface area contributed by atoms with Crippen LogP contribution in [0.15, 0.2) is 48.7 Å². The van der Waals surface area contributed by atoms with E-state index in [1.807, 2.05) is 36.4 Å². The molecule has 0 radical (unpaired) electrons. The minimum atomic E-state index is -0.345.